The van der Waals surface area contributed by atoms with Crippen LogP contribution in [0.3, 0.4) is 0 Å². The number of fused-ring (bicyclic) bond motifs is 1. The van der Waals surface area contributed by atoms with E-state index in [1.165, 1.54) is 7.05 Å². The molecule has 0 aliphatic carbocycles. The van der Waals surface area contributed by atoms with Gasteiger partial charge >= 0.3 is 0 Å². The number of hydrogen-bond donors (Lipinski definition) is 3. The Bertz CT molecular complexity index is 1800. The first-order valence-electron chi connectivity index (χ1n) is 15.2. The van der Waals surface area contributed by atoms with Gasteiger partial charge in [0.1, 0.15) is 28.0 Å². The Balaban J connectivity index is 1.40. The van der Waals surface area contributed by atoms with Gasteiger partial charge in [0, 0.05) is 49.4 Å². The Morgan fingerprint density at radius 1 is 0.935 bits per heavy atom. The van der Waals surface area contributed by atoms with Crippen LogP contribution in [-0.2, 0) is 21.3 Å². The topological polar surface area (TPSA) is 130 Å². The molecule has 0 saturated carbocycles. The van der Waals surface area contributed by atoms with E-state index in [1.54, 1.807) is 38.5 Å². The summed E-state index contributed by atoms with van der Waals surface area (Å²) in [4.78, 5) is 14.5. The zero-order chi connectivity index (χ0) is 32.3. The van der Waals surface area contributed by atoms with Crippen LogP contribution in [0.5, 0.6) is 11.5 Å². The van der Waals surface area contributed by atoms with E-state index in [9.17, 15) is 8.42 Å². The lowest BCUT2D eigenvalue weighted by molar-refractivity contribution is 0.122. The largest absolute Gasteiger partial charge is 0.497 e. The summed E-state index contributed by atoms with van der Waals surface area (Å²) in [5.41, 5.74) is 4.18. The number of nitrogens with one attached hydrogen (secondary N) is 3. The monoisotopic (exact) mass is 645 g/mol. The van der Waals surface area contributed by atoms with Gasteiger partial charge in [-0.2, -0.15) is 9.97 Å². The molecule has 1 unspecified atom stereocenters. The molecule has 1 aromatic heterocycles. The maximum Gasteiger partial charge on any atom is 0.242 e. The third-order valence-corrected chi connectivity index (χ3v) is 9.72. The number of sulfonamides is 1. The average molecular weight is 646 g/mol. The van der Waals surface area contributed by atoms with Crippen molar-refractivity contribution in [2.24, 2.45) is 0 Å². The number of ether oxygens (including phenoxy) is 3. The SMILES string of the molecule is CNS(=O)(=O)c1ccccc1Nc1nc(Nc2ccc(N3CCOCC3)cc2OC)nc2c1C(C)CN2Cc1ccc(OC)cc1. The molecule has 6 rings (SSSR count). The molecule has 0 bridgehead atoms. The third-order valence-electron chi connectivity index (χ3n) is 8.25. The first-order chi connectivity index (χ1) is 22.3. The molecular formula is C33H39N7O5S. The van der Waals surface area contributed by atoms with E-state index >= 15 is 0 Å². The Morgan fingerprint density at radius 2 is 1.70 bits per heavy atom. The lowest BCUT2D eigenvalue weighted by Gasteiger charge is -2.29. The summed E-state index contributed by atoms with van der Waals surface area (Å²) >= 11 is 0. The van der Waals surface area contributed by atoms with Crippen molar-refractivity contribution in [2.45, 2.75) is 24.3 Å². The number of aromatic nitrogens is 2. The number of para-hydroxylation sites is 1. The Hall–Kier alpha value is -4.59. The van der Waals surface area contributed by atoms with Crippen molar-refractivity contribution in [3.8, 4) is 11.5 Å². The molecule has 2 aliphatic heterocycles. The third kappa shape index (κ3) is 6.52. The van der Waals surface area contributed by atoms with Crippen molar-refractivity contribution in [2.75, 3.05) is 74.5 Å². The van der Waals surface area contributed by atoms with E-state index in [-0.39, 0.29) is 10.8 Å². The number of morpholine rings is 1. The van der Waals surface area contributed by atoms with Crippen molar-refractivity contribution in [1.82, 2.24) is 14.7 Å². The van der Waals surface area contributed by atoms with E-state index in [0.29, 0.717) is 55.2 Å². The molecule has 0 amide bonds. The molecule has 0 spiro atoms. The van der Waals surface area contributed by atoms with Crippen LogP contribution in [0.15, 0.2) is 71.6 Å². The number of hydrogen-bond acceptors (Lipinski definition) is 11. The summed E-state index contributed by atoms with van der Waals surface area (Å²) in [5.74, 6) is 3.15. The summed E-state index contributed by atoms with van der Waals surface area (Å²) in [6, 6.07) is 20.8. The highest BCUT2D eigenvalue weighted by Gasteiger charge is 2.32. The minimum absolute atomic E-state index is 0.0696. The fourth-order valence-electron chi connectivity index (χ4n) is 5.87. The van der Waals surface area contributed by atoms with E-state index in [4.69, 9.17) is 24.2 Å². The van der Waals surface area contributed by atoms with Crippen LogP contribution >= 0.6 is 0 Å². The van der Waals surface area contributed by atoms with Gasteiger partial charge in [-0.1, -0.05) is 31.2 Å². The van der Waals surface area contributed by atoms with Gasteiger partial charge in [0.25, 0.3) is 0 Å². The normalized spacial score (nSPS) is 16.2. The molecule has 4 aromatic rings. The van der Waals surface area contributed by atoms with Crippen LogP contribution in [0.25, 0.3) is 0 Å². The van der Waals surface area contributed by atoms with Crippen LogP contribution < -0.4 is 34.6 Å². The molecule has 3 N–H and O–H groups in total. The predicted octanol–water partition coefficient (Wildman–Crippen LogP) is 4.85. The molecular weight excluding hydrogens is 606 g/mol. The summed E-state index contributed by atoms with van der Waals surface area (Å²) < 4.78 is 44.8. The highest BCUT2D eigenvalue weighted by Crippen LogP contribution is 2.42. The summed E-state index contributed by atoms with van der Waals surface area (Å²) in [6.07, 6.45) is 0. The molecule has 1 fully saturated rings. The lowest BCUT2D eigenvalue weighted by Crippen LogP contribution is -2.36. The van der Waals surface area contributed by atoms with Crippen molar-refractivity contribution in [3.63, 3.8) is 0 Å². The van der Waals surface area contributed by atoms with Crippen LogP contribution in [0.1, 0.15) is 24.0 Å². The van der Waals surface area contributed by atoms with Gasteiger partial charge in [0.05, 0.1) is 38.8 Å². The van der Waals surface area contributed by atoms with Crippen LogP contribution in [0.4, 0.5) is 34.6 Å². The van der Waals surface area contributed by atoms with Crippen molar-refractivity contribution in [3.05, 3.63) is 77.9 Å². The quantitative estimate of drug-likeness (QED) is 0.207. The number of rotatable bonds is 11. The first kappa shape index (κ1) is 31.4. The molecule has 1 atom stereocenters. The van der Waals surface area contributed by atoms with Crippen LogP contribution in [0, 0.1) is 0 Å². The predicted molar refractivity (Wildman–Crippen MR) is 180 cm³/mol. The van der Waals surface area contributed by atoms with Crippen molar-refractivity contribution in [1.29, 1.82) is 0 Å². The average Bonchev–Trinajstić information content (AvgIpc) is 3.40. The Kier molecular flexibility index (Phi) is 9.15. The van der Waals surface area contributed by atoms with Gasteiger partial charge in [-0.3, -0.25) is 0 Å². The van der Waals surface area contributed by atoms with Gasteiger partial charge < -0.3 is 34.6 Å². The Labute approximate surface area is 269 Å². The molecule has 3 aromatic carbocycles. The molecule has 13 heteroatoms. The van der Waals surface area contributed by atoms with Gasteiger partial charge in [-0.05, 0) is 49.0 Å². The van der Waals surface area contributed by atoms with Crippen LogP contribution in [0.2, 0.25) is 0 Å². The van der Waals surface area contributed by atoms with E-state index in [2.05, 4.69) is 32.1 Å². The maximum atomic E-state index is 12.9. The first-order valence-corrected chi connectivity index (χ1v) is 16.6. The number of methoxy groups -OCH3 is 2. The highest BCUT2D eigenvalue weighted by atomic mass is 32.2. The summed E-state index contributed by atoms with van der Waals surface area (Å²) in [5, 5.41) is 6.72. The zero-order valence-corrected chi connectivity index (χ0v) is 27.2. The highest BCUT2D eigenvalue weighted by molar-refractivity contribution is 7.89. The maximum absolute atomic E-state index is 12.9. The molecule has 0 radical (unpaired) electrons. The molecule has 3 heterocycles. The van der Waals surface area contributed by atoms with E-state index in [1.807, 2.05) is 42.5 Å². The fraction of sp³-hybridized carbons (Fsp3) is 0.333. The number of benzene rings is 3. The van der Waals surface area contributed by atoms with E-state index < -0.39 is 10.0 Å². The lowest BCUT2D eigenvalue weighted by atomic mass is 10.1. The van der Waals surface area contributed by atoms with Gasteiger partial charge in [-0.25, -0.2) is 13.1 Å². The summed E-state index contributed by atoms with van der Waals surface area (Å²) in [6.45, 7) is 6.45. The smallest absolute Gasteiger partial charge is 0.242 e. The standard InChI is InChI=1S/C33H39N7O5S/c1-22-20-40(21-23-9-12-25(43-3)13-10-23)32-30(22)31(35-27-7-5-6-8-29(27)46(41,42)34-2)37-33(38-32)36-26-14-11-24(19-28(26)44-4)39-15-17-45-18-16-39/h5-14,19,22,34H,15-18,20-21H2,1-4H3,(H2,35,36,37,38). The fourth-order valence-corrected chi connectivity index (χ4v) is 6.75. The molecule has 242 valence electrons. The minimum atomic E-state index is -3.74. The summed E-state index contributed by atoms with van der Waals surface area (Å²) in [7, 11) is 0.948. The Morgan fingerprint density at radius 3 is 2.41 bits per heavy atom. The second kappa shape index (κ2) is 13.4. The second-order valence-electron chi connectivity index (χ2n) is 11.2. The number of nitrogens with zero attached hydrogens (tertiary/aromatic N) is 4. The minimum Gasteiger partial charge on any atom is -0.497 e. The van der Waals surface area contributed by atoms with Gasteiger partial charge in [0.15, 0.2) is 0 Å². The van der Waals surface area contributed by atoms with Crippen LogP contribution in [-0.4, -0.2) is 72.5 Å². The zero-order valence-electron chi connectivity index (χ0n) is 26.4. The van der Waals surface area contributed by atoms with Crippen molar-refractivity contribution >= 4 is 44.7 Å². The van der Waals surface area contributed by atoms with E-state index in [0.717, 1.165) is 41.5 Å². The molecule has 2 aliphatic rings. The van der Waals surface area contributed by atoms with Crippen molar-refractivity contribution < 1.29 is 22.6 Å². The van der Waals surface area contributed by atoms with Gasteiger partial charge in [0.2, 0.25) is 16.0 Å². The van der Waals surface area contributed by atoms with Gasteiger partial charge in [-0.15, -0.1) is 0 Å². The second-order valence-corrected chi connectivity index (χ2v) is 13.1. The molecule has 46 heavy (non-hydrogen) atoms. The molecule has 1 saturated heterocycles. The molecule has 12 nitrogen and oxygen atoms in total. The number of anilines is 6.